The topological polar surface area (TPSA) is 49.6 Å². The molecule has 3 rings (SSSR count). The van der Waals surface area contributed by atoms with Gasteiger partial charge in [0.05, 0.1) is 4.92 Å². The molecule has 5 nitrogen and oxygen atoms in total. The van der Waals surface area contributed by atoms with E-state index in [2.05, 4.69) is 16.7 Å². The van der Waals surface area contributed by atoms with Gasteiger partial charge in [-0.25, -0.2) is 0 Å². The largest absolute Gasteiger partial charge is 0.298 e. The molecule has 2 heterocycles. The maximum absolute atomic E-state index is 10.9. The molecule has 0 aliphatic carbocycles. The zero-order valence-corrected chi connectivity index (χ0v) is 12.9. The molecular formula is C15H20ClN3O2. The highest BCUT2D eigenvalue weighted by Gasteiger charge is 2.34. The number of nitro groups is 1. The first-order chi connectivity index (χ1) is 10.0. The van der Waals surface area contributed by atoms with E-state index in [0.717, 1.165) is 18.7 Å². The van der Waals surface area contributed by atoms with Crippen molar-refractivity contribution in [2.24, 2.45) is 0 Å². The van der Waals surface area contributed by atoms with E-state index in [9.17, 15) is 10.1 Å². The minimum absolute atomic E-state index is 0.113. The maximum Gasteiger partial charge on any atom is 0.269 e. The van der Waals surface area contributed by atoms with E-state index in [1.54, 1.807) is 12.1 Å². The lowest BCUT2D eigenvalue weighted by molar-refractivity contribution is -0.384. The molecule has 0 spiro atoms. The van der Waals surface area contributed by atoms with Gasteiger partial charge in [-0.15, -0.1) is 0 Å². The smallest absolute Gasteiger partial charge is 0.269 e. The Hall–Kier alpha value is -1.17. The SMILES string of the molecule is CC1CN2CCCC2CN1Cc1cc([N+](=O)[O-])ccc1Cl. The molecule has 2 aliphatic rings. The van der Waals surface area contributed by atoms with Crippen molar-refractivity contribution < 1.29 is 4.92 Å². The standard InChI is InChI=1S/C15H20ClN3O2/c1-11-8-17-6-2-3-14(17)10-18(11)9-12-7-13(19(20)21)4-5-15(12)16/h4-5,7,11,14H,2-3,6,8-10H2,1H3. The lowest BCUT2D eigenvalue weighted by Crippen LogP contribution is -2.54. The summed E-state index contributed by atoms with van der Waals surface area (Å²) in [6.07, 6.45) is 2.54. The van der Waals surface area contributed by atoms with Gasteiger partial charge in [0.2, 0.25) is 0 Å². The van der Waals surface area contributed by atoms with Crippen LogP contribution in [0.2, 0.25) is 5.02 Å². The highest BCUT2D eigenvalue weighted by molar-refractivity contribution is 6.31. The molecule has 1 aromatic carbocycles. The highest BCUT2D eigenvalue weighted by atomic mass is 35.5. The minimum Gasteiger partial charge on any atom is -0.298 e. The van der Waals surface area contributed by atoms with Crippen LogP contribution < -0.4 is 0 Å². The predicted octanol–water partition coefficient (Wildman–Crippen LogP) is 2.92. The van der Waals surface area contributed by atoms with Gasteiger partial charge in [-0.3, -0.25) is 19.9 Å². The lowest BCUT2D eigenvalue weighted by atomic mass is 10.1. The van der Waals surface area contributed by atoms with Crippen molar-refractivity contribution in [2.45, 2.75) is 38.4 Å². The van der Waals surface area contributed by atoms with Crippen LogP contribution in [-0.2, 0) is 6.54 Å². The summed E-state index contributed by atoms with van der Waals surface area (Å²) in [4.78, 5) is 15.5. The molecule has 0 amide bonds. The van der Waals surface area contributed by atoms with E-state index in [-0.39, 0.29) is 10.6 Å². The molecule has 0 bridgehead atoms. The number of halogens is 1. The van der Waals surface area contributed by atoms with Crippen molar-refractivity contribution >= 4 is 17.3 Å². The fourth-order valence-corrected chi connectivity index (χ4v) is 3.66. The van der Waals surface area contributed by atoms with E-state index >= 15 is 0 Å². The number of nitrogens with zero attached hydrogens (tertiary/aromatic N) is 3. The second kappa shape index (κ2) is 5.91. The molecule has 2 unspecified atom stereocenters. The van der Waals surface area contributed by atoms with Crippen LogP contribution in [0.1, 0.15) is 25.3 Å². The summed E-state index contributed by atoms with van der Waals surface area (Å²) in [7, 11) is 0. The van der Waals surface area contributed by atoms with Crippen LogP contribution >= 0.6 is 11.6 Å². The molecule has 6 heteroatoms. The summed E-state index contributed by atoms with van der Waals surface area (Å²) in [5, 5.41) is 11.5. The first kappa shape index (κ1) is 14.8. The maximum atomic E-state index is 10.9. The van der Waals surface area contributed by atoms with Gasteiger partial charge in [0.1, 0.15) is 0 Å². The second-order valence-electron chi connectivity index (χ2n) is 6.10. The van der Waals surface area contributed by atoms with Crippen LogP contribution in [0.25, 0.3) is 0 Å². The highest BCUT2D eigenvalue weighted by Crippen LogP contribution is 2.28. The molecule has 2 aliphatic heterocycles. The Labute approximate surface area is 129 Å². The molecule has 2 atom stereocenters. The number of hydrogen-bond donors (Lipinski definition) is 0. The fourth-order valence-electron chi connectivity index (χ4n) is 3.48. The van der Waals surface area contributed by atoms with Crippen LogP contribution in [-0.4, -0.2) is 46.4 Å². The van der Waals surface area contributed by atoms with Crippen LogP contribution in [0.5, 0.6) is 0 Å². The first-order valence-electron chi connectivity index (χ1n) is 7.45. The van der Waals surface area contributed by atoms with Crippen molar-refractivity contribution in [1.29, 1.82) is 0 Å². The number of nitro benzene ring substituents is 1. The Morgan fingerprint density at radius 2 is 2.24 bits per heavy atom. The Bertz CT molecular complexity index is 552. The molecule has 21 heavy (non-hydrogen) atoms. The van der Waals surface area contributed by atoms with Crippen molar-refractivity contribution in [2.75, 3.05) is 19.6 Å². The normalized spacial score (nSPS) is 26.8. The van der Waals surface area contributed by atoms with E-state index in [1.807, 2.05) is 0 Å². The number of piperazine rings is 1. The third kappa shape index (κ3) is 3.05. The van der Waals surface area contributed by atoms with Gasteiger partial charge in [0.15, 0.2) is 0 Å². The predicted molar refractivity (Wildman–Crippen MR) is 82.6 cm³/mol. The van der Waals surface area contributed by atoms with Gasteiger partial charge in [-0.1, -0.05) is 11.6 Å². The molecule has 0 aromatic heterocycles. The van der Waals surface area contributed by atoms with Crippen molar-refractivity contribution in [1.82, 2.24) is 9.80 Å². The molecule has 1 aromatic rings. The van der Waals surface area contributed by atoms with Crippen LogP contribution in [0.4, 0.5) is 5.69 Å². The number of hydrogen-bond acceptors (Lipinski definition) is 4. The van der Waals surface area contributed by atoms with Gasteiger partial charge in [-0.05, 0) is 37.9 Å². The van der Waals surface area contributed by atoms with Gasteiger partial charge in [0.25, 0.3) is 5.69 Å². The fraction of sp³-hybridized carbons (Fsp3) is 0.600. The number of rotatable bonds is 3. The van der Waals surface area contributed by atoms with Crippen molar-refractivity contribution in [3.05, 3.63) is 38.9 Å². The zero-order chi connectivity index (χ0) is 15.0. The van der Waals surface area contributed by atoms with Crippen molar-refractivity contribution in [3.63, 3.8) is 0 Å². The summed E-state index contributed by atoms with van der Waals surface area (Å²) in [5.41, 5.74) is 0.964. The minimum atomic E-state index is -0.363. The summed E-state index contributed by atoms with van der Waals surface area (Å²) < 4.78 is 0. The molecule has 2 fully saturated rings. The van der Waals surface area contributed by atoms with Crippen LogP contribution in [0.15, 0.2) is 18.2 Å². The van der Waals surface area contributed by atoms with E-state index in [1.165, 1.54) is 25.5 Å². The molecule has 0 N–H and O–H groups in total. The van der Waals surface area contributed by atoms with Crippen LogP contribution in [0, 0.1) is 10.1 Å². The molecule has 0 radical (unpaired) electrons. The van der Waals surface area contributed by atoms with Crippen LogP contribution in [0.3, 0.4) is 0 Å². The molecule has 2 saturated heterocycles. The third-order valence-corrected chi connectivity index (χ3v) is 5.05. The number of benzene rings is 1. The summed E-state index contributed by atoms with van der Waals surface area (Å²) in [5.74, 6) is 0. The quantitative estimate of drug-likeness (QED) is 0.636. The van der Waals surface area contributed by atoms with Gasteiger partial charge in [0, 0.05) is 48.9 Å². The Morgan fingerprint density at radius 3 is 3.00 bits per heavy atom. The summed E-state index contributed by atoms with van der Waals surface area (Å²) in [6.45, 7) is 6.23. The van der Waals surface area contributed by atoms with E-state index < -0.39 is 0 Å². The Balaban J connectivity index is 1.76. The lowest BCUT2D eigenvalue weighted by Gasteiger charge is -2.42. The van der Waals surface area contributed by atoms with Gasteiger partial charge >= 0.3 is 0 Å². The van der Waals surface area contributed by atoms with E-state index in [4.69, 9.17) is 11.6 Å². The van der Waals surface area contributed by atoms with Crippen molar-refractivity contribution in [3.8, 4) is 0 Å². The summed E-state index contributed by atoms with van der Waals surface area (Å²) >= 11 is 6.22. The third-order valence-electron chi connectivity index (χ3n) is 4.68. The Morgan fingerprint density at radius 1 is 1.43 bits per heavy atom. The monoisotopic (exact) mass is 309 g/mol. The van der Waals surface area contributed by atoms with E-state index in [0.29, 0.717) is 23.7 Å². The number of fused-ring (bicyclic) bond motifs is 1. The second-order valence-corrected chi connectivity index (χ2v) is 6.51. The summed E-state index contributed by atoms with van der Waals surface area (Å²) in [6, 6.07) is 5.79. The Kier molecular flexibility index (Phi) is 4.15. The zero-order valence-electron chi connectivity index (χ0n) is 12.2. The molecule has 0 saturated carbocycles. The first-order valence-corrected chi connectivity index (χ1v) is 7.83. The van der Waals surface area contributed by atoms with Gasteiger partial charge in [-0.2, -0.15) is 0 Å². The van der Waals surface area contributed by atoms with Gasteiger partial charge < -0.3 is 0 Å². The molecular weight excluding hydrogens is 290 g/mol. The average Bonchev–Trinajstić information content (AvgIpc) is 2.88. The average molecular weight is 310 g/mol. The molecule has 114 valence electrons. The number of non-ortho nitro benzene ring substituents is 1.